The van der Waals surface area contributed by atoms with Crippen LogP contribution < -0.4 is 15.2 Å². The van der Waals surface area contributed by atoms with Gasteiger partial charge >= 0.3 is 11.9 Å². The summed E-state index contributed by atoms with van der Waals surface area (Å²) in [6, 6.07) is 13.4. The van der Waals surface area contributed by atoms with E-state index in [0.717, 1.165) is 31.2 Å². The van der Waals surface area contributed by atoms with Gasteiger partial charge in [-0.3, -0.25) is 4.79 Å². The monoisotopic (exact) mass is 861 g/mol. The van der Waals surface area contributed by atoms with Crippen LogP contribution in [0.4, 0.5) is 0 Å². The van der Waals surface area contributed by atoms with Gasteiger partial charge in [-0.25, -0.2) is 4.79 Å². The topological polar surface area (TPSA) is 102 Å². The van der Waals surface area contributed by atoms with Gasteiger partial charge in [0.1, 0.15) is 23.3 Å². The van der Waals surface area contributed by atoms with Crippen molar-refractivity contribution in [2.45, 2.75) is 147 Å². The molecule has 0 amide bonds. The number of halogens is 3. The maximum absolute atomic E-state index is 12.8. The van der Waals surface area contributed by atoms with E-state index in [1.54, 1.807) is 6.92 Å². The van der Waals surface area contributed by atoms with Crippen LogP contribution in [0.25, 0.3) is 0 Å². The average molecular weight is 863 g/mol. The quantitative estimate of drug-likeness (QED) is 0.207. The first-order chi connectivity index (χ1) is 26.2. The number of carbonyl (C=O) groups is 3. The molecule has 6 aliphatic rings. The molecule has 2 aromatic carbocycles. The summed E-state index contributed by atoms with van der Waals surface area (Å²) in [5.74, 6) is 2.00. The molecule has 0 spiro atoms. The largest absolute Gasteiger partial charge is 0.426 e. The molecule has 2 heterocycles. The summed E-state index contributed by atoms with van der Waals surface area (Å²) in [7, 11) is 4.57. The normalized spacial score (nSPS) is 29.1. The number of likely N-dealkylation sites (N-methyl/N-ethyl adjacent to an activating group) is 2. The summed E-state index contributed by atoms with van der Waals surface area (Å²) in [6.45, 7) is 11.7. The minimum absolute atomic E-state index is 0. The molecule has 58 heavy (non-hydrogen) atoms. The highest BCUT2D eigenvalue weighted by molar-refractivity contribution is 5.86. The number of Topliss-reactive ketones (excluding diaryl/α,β-unsaturated/α-hetero) is 1. The van der Waals surface area contributed by atoms with Gasteiger partial charge in [0.05, 0.1) is 5.92 Å². The molecule has 2 saturated heterocycles. The highest BCUT2D eigenvalue weighted by atomic mass is 35.5. The summed E-state index contributed by atoms with van der Waals surface area (Å²) >= 11 is 0. The van der Waals surface area contributed by atoms with Crippen molar-refractivity contribution in [2.24, 2.45) is 35.3 Å². The predicted octanol–water partition coefficient (Wildman–Crippen LogP) is 9.06. The fourth-order valence-electron chi connectivity index (χ4n) is 12.0. The minimum Gasteiger partial charge on any atom is -0.426 e. The Morgan fingerprint density at radius 3 is 1.55 bits per heavy atom. The van der Waals surface area contributed by atoms with Crippen molar-refractivity contribution in [1.29, 1.82) is 0 Å². The van der Waals surface area contributed by atoms with Crippen LogP contribution in [0.1, 0.15) is 128 Å². The van der Waals surface area contributed by atoms with Gasteiger partial charge in [-0.2, -0.15) is 0 Å². The minimum atomic E-state index is -0.570. The standard InChI is InChI=1S/C25H35NO3.C22H32N2O2.3ClH/c1-16(2)20(13-17(3)27)24(28)29-19-9-8-18-14-23-21-7-5-6-10-25(21,22(18)15-19)11-12-26(23)4;1-14(2)20(23)21(25)26-16-8-7-15-12-19-17-6-4-5-9-22(17,18(15)13-16)10-11-24(19)3;;;/h8-9,15-16,20-21,23H,5-7,10-14H2,1-4H3;7-8,13-14,17,19-20H,4-6,9-12,23H2,1-3H3;3*1H/t20?,21-,23?,25+;17-,19?,20?,22+;;;/m11.../s1. The van der Waals surface area contributed by atoms with Gasteiger partial charge in [-0.05, 0) is 156 Å². The van der Waals surface area contributed by atoms with Crippen LogP contribution in [-0.4, -0.2) is 72.8 Å². The Bertz CT molecular complexity index is 1770. The third-order valence-electron chi connectivity index (χ3n) is 15.2. The maximum atomic E-state index is 12.8. The maximum Gasteiger partial charge on any atom is 0.328 e. The van der Waals surface area contributed by atoms with Crippen molar-refractivity contribution in [3.05, 3.63) is 58.7 Å². The lowest BCUT2D eigenvalue weighted by atomic mass is 9.52. The summed E-state index contributed by atoms with van der Waals surface area (Å²) in [4.78, 5) is 41.9. The third kappa shape index (κ3) is 9.18. The first-order valence-corrected chi connectivity index (χ1v) is 21.6. The van der Waals surface area contributed by atoms with E-state index >= 15 is 0 Å². The number of hydrogen-bond donors (Lipinski definition) is 1. The number of ether oxygens (including phenoxy) is 2. The summed E-state index contributed by atoms with van der Waals surface area (Å²) in [5, 5.41) is 0. The number of esters is 2. The summed E-state index contributed by atoms with van der Waals surface area (Å²) < 4.78 is 11.5. The Kier molecular flexibility index (Phi) is 16.4. The van der Waals surface area contributed by atoms with E-state index in [2.05, 4.69) is 48.2 Å². The van der Waals surface area contributed by atoms with E-state index < -0.39 is 6.04 Å². The molecular formula is C47H70Cl3N3O5. The number of carbonyl (C=O) groups excluding carboxylic acids is 3. The van der Waals surface area contributed by atoms with Crippen molar-refractivity contribution in [3.63, 3.8) is 0 Å². The lowest BCUT2D eigenvalue weighted by Crippen LogP contribution is -2.59. The van der Waals surface area contributed by atoms with E-state index in [-0.39, 0.29) is 89.9 Å². The highest BCUT2D eigenvalue weighted by Crippen LogP contribution is 2.57. The predicted molar refractivity (Wildman–Crippen MR) is 239 cm³/mol. The SMILES string of the molecule is CC(=O)CC(C(=O)Oc1ccc2c(c1)[C@]13CCCC[C@@H]1C(C2)N(C)CC3)C(C)C.CC(C)C(N)C(=O)Oc1ccc2c(c1)[C@]13CCCC[C@@H]1C(C2)N(C)CC3.Cl.Cl.Cl. The van der Waals surface area contributed by atoms with Gasteiger partial charge in [0.15, 0.2) is 0 Å². The zero-order chi connectivity index (χ0) is 39.2. The molecule has 4 bridgehead atoms. The second-order valence-corrected chi connectivity index (χ2v) is 19.0. The first-order valence-electron chi connectivity index (χ1n) is 21.6. The number of piperidine rings is 2. The third-order valence-corrected chi connectivity index (χ3v) is 15.2. The molecule has 8 rings (SSSR count). The summed E-state index contributed by atoms with van der Waals surface area (Å²) in [5.41, 5.74) is 12.3. The molecule has 8 atom stereocenters. The molecule has 8 nitrogen and oxygen atoms in total. The highest BCUT2D eigenvalue weighted by Gasteiger charge is 2.54. The number of ketones is 1. The van der Waals surface area contributed by atoms with Crippen molar-refractivity contribution in [1.82, 2.24) is 9.80 Å². The van der Waals surface area contributed by atoms with Crippen molar-refractivity contribution in [2.75, 3.05) is 27.2 Å². The molecule has 0 aromatic heterocycles. The molecule has 0 radical (unpaired) electrons. The molecule has 2 saturated carbocycles. The number of rotatable bonds is 8. The van der Waals surface area contributed by atoms with Crippen molar-refractivity contribution < 1.29 is 23.9 Å². The lowest BCUT2D eigenvalue weighted by molar-refractivity contribution is -0.142. The van der Waals surface area contributed by atoms with Gasteiger partial charge in [0.2, 0.25) is 0 Å². The number of fused-ring (bicyclic) bond motifs is 2. The van der Waals surface area contributed by atoms with Gasteiger partial charge in [-0.1, -0.05) is 65.5 Å². The molecule has 324 valence electrons. The van der Waals surface area contributed by atoms with Crippen LogP contribution in [0, 0.1) is 29.6 Å². The van der Waals surface area contributed by atoms with Crippen LogP contribution in [0.5, 0.6) is 11.5 Å². The lowest BCUT2D eigenvalue weighted by Gasteiger charge is -2.58. The Morgan fingerprint density at radius 1 is 0.690 bits per heavy atom. The van der Waals surface area contributed by atoms with Crippen molar-refractivity contribution in [3.8, 4) is 11.5 Å². The fourth-order valence-corrected chi connectivity index (χ4v) is 12.0. The van der Waals surface area contributed by atoms with Crippen molar-refractivity contribution >= 4 is 54.9 Å². The Morgan fingerprint density at radius 2 is 1.14 bits per heavy atom. The number of nitrogens with two attached hydrogens (primary N) is 1. The molecule has 2 aromatic rings. The van der Waals surface area contributed by atoms with Gasteiger partial charge in [-0.15, -0.1) is 37.2 Å². The Hall–Kier alpha value is -2.20. The number of benzene rings is 2. The van der Waals surface area contributed by atoms with Crippen LogP contribution in [0.2, 0.25) is 0 Å². The van der Waals surface area contributed by atoms with Crippen LogP contribution in [0.3, 0.4) is 0 Å². The summed E-state index contributed by atoms with van der Waals surface area (Å²) in [6.07, 6.45) is 15.4. The van der Waals surface area contributed by atoms with Crippen LogP contribution in [0.15, 0.2) is 36.4 Å². The van der Waals surface area contributed by atoms with Gasteiger partial charge in [0.25, 0.3) is 0 Å². The molecule has 4 fully saturated rings. The molecular weight excluding hydrogens is 793 g/mol. The second kappa shape index (κ2) is 19.7. The number of likely N-dealkylation sites (tertiary alicyclic amines) is 2. The molecule has 2 aliphatic heterocycles. The zero-order valence-electron chi connectivity index (χ0n) is 35.9. The molecule has 2 N–H and O–H groups in total. The second-order valence-electron chi connectivity index (χ2n) is 19.0. The van der Waals surface area contributed by atoms with Crippen LogP contribution in [-0.2, 0) is 38.1 Å². The van der Waals surface area contributed by atoms with Gasteiger partial charge in [0, 0.05) is 29.3 Å². The van der Waals surface area contributed by atoms with E-state index in [9.17, 15) is 14.4 Å². The molecule has 4 unspecified atom stereocenters. The number of nitrogens with zero attached hydrogens (tertiary/aromatic N) is 2. The smallest absolute Gasteiger partial charge is 0.328 e. The zero-order valence-corrected chi connectivity index (χ0v) is 38.4. The van der Waals surface area contributed by atoms with E-state index in [4.69, 9.17) is 15.2 Å². The van der Waals surface area contributed by atoms with E-state index in [0.29, 0.717) is 23.6 Å². The van der Waals surface area contributed by atoms with E-state index in [1.165, 1.54) is 93.0 Å². The molecule has 11 heteroatoms. The van der Waals surface area contributed by atoms with Gasteiger partial charge < -0.3 is 29.8 Å². The molecule has 4 aliphatic carbocycles. The Balaban J connectivity index is 0.000000245. The first kappa shape index (κ1) is 48.5. The number of hydrogen-bond acceptors (Lipinski definition) is 8. The Labute approximate surface area is 366 Å². The average Bonchev–Trinajstić information content (AvgIpc) is 3.16. The van der Waals surface area contributed by atoms with E-state index in [1.807, 2.05) is 39.8 Å². The fraction of sp³-hybridized carbons (Fsp3) is 0.681. The van der Waals surface area contributed by atoms with Crippen LogP contribution >= 0.6 is 37.2 Å².